The van der Waals surface area contributed by atoms with Crippen molar-refractivity contribution in [2.24, 2.45) is 5.73 Å². The topological polar surface area (TPSA) is 77.8 Å². The normalized spacial score (nSPS) is 19.0. The Hall–Kier alpha value is -1.75. The lowest BCUT2D eigenvalue weighted by Gasteiger charge is -2.23. The summed E-state index contributed by atoms with van der Waals surface area (Å²) in [5.74, 6) is 1.07. The monoisotopic (exact) mass is 258 g/mol. The van der Waals surface area contributed by atoms with Crippen molar-refractivity contribution in [3.05, 3.63) is 30.2 Å². The van der Waals surface area contributed by atoms with Gasteiger partial charge in [0.05, 0.1) is 5.54 Å². The van der Waals surface area contributed by atoms with Crippen LogP contribution in [0.15, 0.2) is 28.9 Å². The number of nitrogens with zero attached hydrogens (tertiary/aromatic N) is 3. The predicted octanol–water partition coefficient (Wildman–Crippen LogP) is 2.64. The van der Waals surface area contributed by atoms with E-state index in [1.165, 1.54) is 12.8 Å². The Labute approximate surface area is 112 Å². The molecule has 2 N–H and O–H groups in total. The van der Waals surface area contributed by atoms with Crippen LogP contribution in [0.4, 0.5) is 0 Å². The van der Waals surface area contributed by atoms with E-state index in [0.29, 0.717) is 17.4 Å². The molecule has 0 spiro atoms. The molecule has 3 rings (SSSR count). The van der Waals surface area contributed by atoms with Crippen molar-refractivity contribution < 1.29 is 4.52 Å². The molecule has 0 aromatic carbocycles. The fourth-order valence-corrected chi connectivity index (χ4v) is 2.60. The maximum absolute atomic E-state index is 6.47. The molecule has 0 aliphatic heterocycles. The van der Waals surface area contributed by atoms with Crippen molar-refractivity contribution in [1.82, 2.24) is 15.1 Å². The standard InChI is InChI=1S/C14H18N4O/c15-14(8-4-1-2-5-9-14)13-17-12(19-18-13)11-7-3-6-10-16-11/h3,6-7,10H,1-2,4-5,8-9,15H2. The maximum Gasteiger partial charge on any atom is 0.276 e. The summed E-state index contributed by atoms with van der Waals surface area (Å²) in [5.41, 5.74) is 6.72. The lowest BCUT2D eigenvalue weighted by Crippen LogP contribution is -2.37. The second kappa shape index (κ2) is 5.09. The minimum absolute atomic E-state index is 0.437. The number of nitrogens with two attached hydrogens (primary N) is 1. The van der Waals surface area contributed by atoms with Crippen LogP contribution in [0.1, 0.15) is 44.3 Å². The molecule has 2 heterocycles. The second-order valence-electron chi connectivity index (χ2n) is 5.21. The summed E-state index contributed by atoms with van der Waals surface area (Å²) in [6.07, 6.45) is 8.30. The van der Waals surface area contributed by atoms with Gasteiger partial charge >= 0.3 is 0 Å². The Kier molecular flexibility index (Phi) is 3.29. The quantitative estimate of drug-likeness (QED) is 0.838. The fraction of sp³-hybridized carbons (Fsp3) is 0.500. The highest BCUT2D eigenvalue weighted by Crippen LogP contribution is 2.32. The summed E-state index contributed by atoms with van der Waals surface area (Å²) in [6, 6.07) is 5.61. The molecular formula is C14H18N4O. The Morgan fingerprint density at radius 1 is 1.11 bits per heavy atom. The summed E-state index contributed by atoms with van der Waals surface area (Å²) >= 11 is 0. The zero-order chi connectivity index (χ0) is 13.1. The lowest BCUT2D eigenvalue weighted by atomic mass is 9.91. The molecule has 1 aliphatic carbocycles. The minimum Gasteiger partial charge on any atom is -0.332 e. The first-order valence-corrected chi connectivity index (χ1v) is 6.82. The van der Waals surface area contributed by atoms with Crippen LogP contribution in [0.5, 0.6) is 0 Å². The van der Waals surface area contributed by atoms with Gasteiger partial charge in [-0.2, -0.15) is 4.98 Å². The van der Waals surface area contributed by atoms with Crippen LogP contribution >= 0.6 is 0 Å². The highest BCUT2D eigenvalue weighted by atomic mass is 16.5. The van der Waals surface area contributed by atoms with Gasteiger partial charge in [0.2, 0.25) is 0 Å². The van der Waals surface area contributed by atoms with E-state index in [-0.39, 0.29) is 0 Å². The van der Waals surface area contributed by atoms with Crippen molar-refractivity contribution in [3.8, 4) is 11.6 Å². The summed E-state index contributed by atoms with van der Waals surface area (Å²) < 4.78 is 5.31. The first-order chi connectivity index (χ1) is 9.28. The molecule has 1 fully saturated rings. The number of aromatic nitrogens is 3. The van der Waals surface area contributed by atoms with Crippen LogP contribution in [-0.4, -0.2) is 15.1 Å². The Morgan fingerprint density at radius 3 is 2.58 bits per heavy atom. The van der Waals surface area contributed by atoms with E-state index in [9.17, 15) is 0 Å². The molecule has 0 bridgehead atoms. The van der Waals surface area contributed by atoms with Gasteiger partial charge in [0.1, 0.15) is 5.69 Å². The largest absolute Gasteiger partial charge is 0.332 e. The van der Waals surface area contributed by atoms with Crippen molar-refractivity contribution in [1.29, 1.82) is 0 Å². The number of hydrogen-bond acceptors (Lipinski definition) is 5. The molecule has 19 heavy (non-hydrogen) atoms. The first kappa shape index (κ1) is 12.3. The third-order valence-electron chi connectivity index (χ3n) is 3.75. The molecule has 0 radical (unpaired) electrons. The van der Waals surface area contributed by atoms with Crippen molar-refractivity contribution in [3.63, 3.8) is 0 Å². The van der Waals surface area contributed by atoms with Gasteiger partial charge in [-0.1, -0.05) is 36.9 Å². The molecule has 0 unspecified atom stereocenters. The van der Waals surface area contributed by atoms with E-state index in [1.54, 1.807) is 6.20 Å². The van der Waals surface area contributed by atoms with Crippen LogP contribution < -0.4 is 5.73 Å². The van der Waals surface area contributed by atoms with Crippen LogP contribution in [0.25, 0.3) is 11.6 Å². The lowest BCUT2D eigenvalue weighted by molar-refractivity contribution is 0.334. The molecule has 5 nitrogen and oxygen atoms in total. The molecule has 2 aromatic heterocycles. The summed E-state index contributed by atoms with van der Waals surface area (Å²) in [4.78, 5) is 8.66. The Bertz CT molecular complexity index is 529. The van der Waals surface area contributed by atoms with E-state index in [4.69, 9.17) is 10.3 Å². The van der Waals surface area contributed by atoms with Gasteiger partial charge in [0.15, 0.2) is 5.82 Å². The fourth-order valence-electron chi connectivity index (χ4n) is 2.60. The minimum atomic E-state index is -0.437. The van der Waals surface area contributed by atoms with E-state index in [2.05, 4.69) is 15.1 Å². The zero-order valence-corrected chi connectivity index (χ0v) is 10.9. The van der Waals surface area contributed by atoms with Crippen LogP contribution in [0, 0.1) is 0 Å². The smallest absolute Gasteiger partial charge is 0.276 e. The average Bonchev–Trinajstić information content (AvgIpc) is 2.85. The summed E-state index contributed by atoms with van der Waals surface area (Å²) in [5, 5.41) is 4.08. The summed E-state index contributed by atoms with van der Waals surface area (Å²) in [6.45, 7) is 0. The SMILES string of the molecule is NC1(c2noc(-c3ccccn3)n2)CCCCCC1. The average molecular weight is 258 g/mol. The van der Waals surface area contributed by atoms with Crippen LogP contribution in [-0.2, 0) is 5.54 Å². The van der Waals surface area contributed by atoms with Gasteiger partial charge in [-0.3, -0.25) is 4.98 Å². The molecule has 2 aromatic rings. The van der Waals surface area contributed by atoms with Gasteiger partial charge in [-0.15, -0.1) is 0 Å². The van der Waals surface area contributed by atoms with Crippen LogP contribution in [0.2, 0.25) is 0 Å². The van der Waals surface area contributed by atoms with Gasteiger partial charge in [-0.05, 0) is 25.0 Å². The number of rotatable bonds is 2. The summed E-state index contributed by atoms with van der Waals surface area (Å²) in [7, 11) is 0. The van der Waals surface area contributed by atoms with Crippen molar-refractivity contribution in [2.75, 3.05) is 0 Å². The van der Waals surface area contributed by atoms with E-state index in [1.807, 2.05) is 18.2 Å². The third-order valence-corrected chi connectivity index (χ3v) is 3.75. The Balaban J connectivity index is 1.88. The molecule has 1 saturated carbocycles. The molecule has 5 heteroatoms. The number of pyridine rings is 1. The van der Waals surface area contributed by atoms with Gasteiger partial charge in [0.25, 0.3) is 5.89 Å². The van der Waals surface area contributed by atoms with E-state index < -0.39 is 5.54 Å². The van der Waals surface area contributed by atoms with Gasteiger partial charge in [0, 0.05) is 6.20 Å². The maximum atomic E-state index is 6.47. The van der Waals surface area contributed by atoms with Gasteiger partial charge in [-0.25, -0.2) is 0 Å². The number of hydrogen-bond donors (Lipinski definition) is 1. The zero-order valence-electron chi connectivity index (χ0n) is 10.9. The molecule has 100 valence electrons. The Morgan fingerprint density at radius 2 is 1.89 bits per heavy atom. The second-order valence-corrected chi connectivity index (χ2v) is 5.21. The molecule has 0 saturated heterocycles. The van der Waals surface area contributed by atoms with E-state index in [0.717, 1.165) is 25.7 Å². The highest BCUT2D eigenvalue weighted by molar-refractivity contribution is 5.45. The highest BCUT2D eigenvalue weighted by Gasteiger charge is 2.33. The first-order valence-electron chi connectivity index (χ1n) is 6.82. The predicted molar refractivity (Wildman–Crippen MR) is 71.1 cm³/mol. The van der Waals surface area contributed by atoms with E-state index >= 15 is 0 Å². The molecule has 0 amide bonds. The third kappa shape index (κ3) is 2.51. The van der Waals surface area contributed by atoms with Gasteiger partial charge < -0.3 is 10.3 Å². The molecule has 1 aliphatic rings. The van der Waals surface area contributed by atoms with Crippen molar-refractivity contribution >= 4 is 0 Å². The molecular weight excluding hydrogens is 240 g/mol. The van der Waals surface area contributed by atoms with Crippen LogP contribution in [0.3, 0.4) is 0 Å². The van der Waals surface area contributed by atoms with Crippen molar-refractivity contribution in [2.45, 2.75) is 44.1 Å². The molecule has 0 atom stereocenters.